The van der Waals surface area contributed by atoms with Gasteiger partial charge in [-0.15, -0.1) is 0 Å². The number of benzene rings is 7. The first kappa shape index (κ1) is 25.1. The van der Waals surface area contributed by atoms with Gasteiger partial charge in [0.1, 0.15) is 0 Å². The van der Waals surface area contributed by atoms with Crippen molar-refractivity contribution >= 4 is 43.9 Å². The van der Waals surface area contributed by atoms with Gasteiger partial charge in [0.25, 0.3) is 0 Å². The van der Waals surface area contributed by atoms with Gasteiger partial charge in [-0.2, -0.15) is 0 Å². The van der Waals surface area contributed by atoms with Gasteiger partial charge in [-0.3, -0.25) is 0 Å². The maximum absolute atomic E-state index is 6.90. The van der Waals surface area contributed by atoms with Crippen LogP contribution in [-0.4, -0.2) is 15.0 Å². The number of hydrogen-bond donors (Lipinski definition) is 0. The predicted octanol–water partition coefficient (Wildman–Crippen LogP) is 10.6. The van der Waals surface area contributed by atoms with Gasteiger partial charge in [-0.25, -0.2) is 15.0 Å². The Labute approximate surface area is 259 Å². The van der Waals surface area contributed by atoms with Crippen molar-refractivity contribution in [2.75, 3.05) is 0 Å². The van der Waals surface area contributed by atoms with Gasteiger partial charge in [0, 0.05) is 28.1 Å². The van der Waals surface area contributed by atoms with Crippen LogP contribution >= 0.6 is 11.6 Å². The number of aromatic nitrogens is 3. The second-order valence-electron chi connectivity index (χ2n) is 11.3. The van der Waals surface area contributed by atoms with Crippen molar-refractivity contribution < 1.29 is 0 Å². The van der Waals surface area contributed by atoms with E-state index in [1.54, 1.807) is 0 Å². The quantitative estimate of drug-likeness (QED) is 0.208. The Morgan fingerprint density at radius 2 is 0.864 bits per heavy atom. The summed E-state index contributed by atoms with van der Waals surface area (Å²) in [5.74, 6) is 1.94. The Kier molecular flexibility index (Phi) is 5.62. The van der Waals surface area contributed by atoms with Crippen LogP contribution in [0, 0.1) is 0 Å². The molecule has 1 heterocycles. The fourth-order valence-electron chi connectivity index (χ4n) is 6.80. The summed E-state index contributed by atoms with van der Waals surface area (Å²) in [5, 5.41) is 7.75. The minimum Gasteiger partial charge on any atom is -0.208 e. The van der Waals surface area contributed by atoms with Gasteiger partial charge >= 0.3 is 0 Å². The number of hydrogen-bond acceptors (Lipinski definition) is 3. The summed E-state index contributed by atoms with van der Waals surface area (Å²) in [6, 6.07) is 46.4. The largest absolute Gasteiger partial charge is 0.208 e. The lowest BCUT2D eigenvalue weighted by Gasteiger charge is -2.14. The average Bonchev–Trinajstić information content (AvgIpc) is 3.49. The molecule has 1 aliphatic carbocycles. The fraction of sp³-hybridized carbons (Fsp3) is 0.0250. The molecule has 44 heavy (non-hydrogen) atoms. The molecule has 7 aromatic carbocycles. The molecule has 1 aromatic heterocycles. The topological polar surface area (TPSA) is 38.7 Å². The summed E-state index contributed by atoms with van der Waals surface area (Å²) in [6.45, 7) is 0. The van der Waals surface area contributed by atoms with Crippen molar-refractivity contribution in [1.29, 1.82) is 0 Å². The van der Waals surface area contributed by atoms with Crippen LogP contribution in [0.2, 0.25) is 5.02 Å². The molecule has 0 amide bonds. The highest BCUT2D eigenvalue weighted by atomic mass is 35.5. The number of rotatable bonds is 3. The Morgan fingerprint density at radius 3 is 1.48 bits per heavy atom. The predicted molar refractivity (Wildman–Crippen MR) is 182 cm³/mol. The van der Waals surface area contributed by atoms with Gasteiger partial charge in [0.2, 0.25) is 0 Å². The van der Waals surface area contributed by atoms with Crippen molar-refractivity contribution in [3.8, 4) is 45.3 Å². The molecule has 0 N–H and O–H groups in total. The summed E-state index contributed by atoms with van der Waals surface area (Å²) in [5.41, 5.74) is 7.63. The van der Waals surface area contributed by atoms with Crippen molar-refractivity contribution in [1.82, 2.24) is 15.0 Å². The maximum Gasteiger partial charge on any atom is 0.164 e. The fourth-order valence-corrected chi connectivity index (χ4v) is 7.03. The molecule has 0 unspecified atom stereocenters. The highest BCUT2D eigenvalue weighted by molar-refractivity contribution is 6.32. The second-order valence-corrected chi connectivity index (χ2v) is 11.7. The standard InChI is InChI=1S/C40H24ClN3/c41-36-22-21-33(37-30-20-19-26-11-3-6-16-29(26)34(30)23-35(36)37)40-43-38(31-17-7-12-24-9-1-4-14-27(24)31)42-39(44-40)32-18-8-13-25-10-2-5-15-28(25)32/h1-22H,23H2. The zero-order valence-corrected chi connectivity index (χ0v) is 24.4. The van der Waals surface area contributed by atoms with E-state index >= 15 is 0 Å². The summed E-state index contributed by atoms with van der Waals surface area (Å²) in [6.07, 6.45) is 0.774. The number of nitrogens with zero attached hydrogens (tertiary/aromatic N) is 3. The van der Waals surface area contributed by atoms with Crippen molar-refractivity contribution in [2.45, 2.75) is 6.42 Å². The summed E-state index contributed by atoms with van der Waals surface area (Å²) < 4.78 is 0. The van der Waals surface area contributed by atoms with E-state index in [0.717, 1.165) is 60.8 Å². The van der Waals surface area contributed by atoms with Gasteiger partial charge < -0.3 is 0 Å². The summed E-state index contributed by atoms with van der Waals surface area (Å²) in [4.78, 5) is 15.6. The van der Waals surface area contributed by atoms with E-state index in [2.05, 4.69) is 127 Å². The Balaban J connectivity index is 1.34. The van der Waals surface area contributed by atoms with Gasteiger partial charge in [0.15, 0.2) is 17.5 Å². The van der Waals surface area contributed by atoms with Gasteiger partial charge in [0.05, 0.1) is 0 Å². The first-order valence-electron chi connectivity index (χ1n) is 14.8. The van der Waals surface area contributed by atoms with E-state index in [4.69, 9.17) is 26.6 Å². The lowest BCUT2D eigenvalue weighted by molar-refractivity contribution is 1.08. The average molecular weight is 582 g/mol. The van der Waals surface area contributed by atoms with Crippen LogP contribution in [0.4, 0.5) is 0 Å². The zero-order chi connectivity index (χ0) is 29.2. The van der Waals surface area contributed by atoms with Crippen LogP contribution in [0.1, 0.15) is 11.1 Å². The Morgan fingerprint density at radius 1 is 0.386 bits per heavy atom. The number of fused-ring (bicyclic) bond motifs is 7. The summed E-state index contributed by atoms with van der Waals surface area (Å²) >= 11 is 6.90. The molecule has 0 saturated heterocycles. The molecule has 206 valence electrons. The molecule has 1 aliphatic rings. The molecule has 4 heteroatoms. The van der Waals surface area contributed by atoms with Crippen LogP contribution < -0.4 is 0 Å². The maximum atomic E-state index is 6.90. The van der Waals surface area contributed by atoms with Crippen LogP contribution in [0.25, 0.3) is 77.6 Å². The molecule has 0 atom stereocenters. The molecule has 0 fully saturated rings. The molecule has 8 aromatic rings. The molecule has 0 saturated carbocycles. The smallest absolute Gasteiger partial charge is 0.164 e. The number of halogens is 1. The summed E-state index contributed by atoms with van der Waals surface area (Å²) in [7, 11) is 0. The van der Waals surface area contributed by atoms with Crippen LogP contribution in [0.15, 0.2) is 133 Å². The van der Waals surface area contributed by atoms with Crippen molar-refractivity contribution in [3.05, 3.63) is 150 Å². The highest BCUT2D eigenvalue weighted by Crippen LogP contribution is 2.47. The van der Waals surface area contributed by atoms with Crippen LogP contribution in [-0.2, 0) is 6.42 Å². The minimum absolute atomic E-state index is 0.639. The van der Waals surface area contributed by atoms with E-state index in [0.29, 0.717) is 17.5 Å². The zero-order valence-electron chi connectivity index (χ0n) is 23.6. The van der Waals surface area contributed by atoms with Crippen molar-refractivity contribution in [3.63, 3.8) is 0 Å². The first-order valence-corrected chi connectivity index (χ1v) is 15.2. The molecule has 0 aliphatic heterocycles. The van der Waals surface area contributed by atoms with Gasteiger partial charge in [-0.05, 0) is 66.7 Å². The van der Waals surface area contributed by atoms with E-state index in [1.165, 1.54) is 21.9 Å². The van der Waals surface area contributed by atoms with Crippen molar-refractivity contribution in [2.24, 2.45) is 0 Å². The molecule has 0 radical (unpaired) electrons. The lowest BCUT2D eigenvalue weighted by Crippen LogP contribution is -2.02. The first-order chi connectivity index (χ1) is 21.7. The molecule has 0 spiro atoms. The third-order valence-corrected chi connectivity index (χ3v) is 9.21. The third kappa shape index (κ3) is 3.87. The molecular weight excluding hydrogens is 558 g/mol. The van der Waals surface area contributed by atoms with E-state index < -0.39 is 0 Å². The highest BCUT2D eigenvalue weighted by Gasteiger charge is 2.28. The normalized spacial score (nSPS) is 12.1. The van der Waals surface area contributed by atoms with Crippen LogP contribution in [0.3, 0.4) is 0 Å². The van der Waals surface area contributed by atoms with E-state index in [9.17, 15) is 0 Å². The van der Waals surface area contributed by atoms with Gasteiger partial charge in [-0.1, -0.05) is 133 Å². The van der Waals surface area contributed by atoms with E-state index in [1.807, 2.05) is 6.07 Å². The monoisotopic (exact) mass is 581 g/mol. The third-order valence-electron chi connectivity index (χ3n) is 8.86. The molecule has 0 bridgehead atoms. The Hall–Kier alpha value is -5.38. The Bertz CT molecular complexity index is 2340. The van der Waals surface area contributed by atoms with Crippen LogP contribution in [0.5, 0.6) is 0 Å². The second kappa shape index (κ2) is 9.84. The lowest BCUT2D eigenvalue weighted by atomic mass is 9.96. The SMILES string of the molecule is Clc1ccc(-c2nc(-c3cccc4ccccc34)nc(-c3cccc4ccccc34)n2)c2c1Cc1c-2ccc2ccccc12. The van der Waals surface area contributed by atoms with E-state index in [-0.39, 0.29) is 0 Å². The minimum atomic E-state index is 0.639. The molecule has 9 rings (SSSR count). The molecular formula is C40H24ClN3. The molecule has 3 nitrogen and oxygen atoms in total.